The highest BCUT2D eigenvalue weighted by atomic mass is 19.1. The summed E-state index contributed by atoms with van der Waals surface area (Å²) in [4.78, 5) is 10.7. The second-order valence-electron chi connectivity index (χ2n) is 9.19. The van der Waals surface area contributed by atoms with E-state index in [1.54, 1.807) is 12.1 Å². The number of rotatable bonds is 10. The number of aromatic nitrogens is 2. The maximum Gasteiger partial charge on any atom is 0.329 e. The van der Waals surface area contributed by atoms with Gasteiger partial charge in [0.05, 0.1) is 25.1 Å². The Morgan fingerprint density at radius 1 is 1.09 bits per heavy atom. The third-order valence-electron chi connectivity index (χ3n) is 6.84. The maximum atomic E-state index is 15.4. The van der Waals surface area contributed by atoms with Crippen LogP contribution in [-0.4, -0.2) is 41.2 Å². The molecule has 1 fully saturated rings. The molecule has 1 aliphatic rings. The summed E-state index contributed by atoms with van der Waals surface area (Å²) in [7, 11) is 1.48. The van der Waals surface area contributed by atoms with Crippen molar-refractivity contribution < 1.29 is 23.8 Å². The van der Waals surface area contributed by atoms with E-state index in [9.17, 15) is 4.79 Å². The first-order valence-electron chi connectivity index (χ1n) is 12.3. The molecule has 0 amide bonds. The third kappa shape index (κ3) is 5.73. The molecule has 35 heavy (non-hydrogen) atoms. The van der Waals surface area contributed by atoms with Crippen LogP contribution in [0.2, 0.25) is 0 Å². The zero-order valence-corrected chi connectivity index (χ0v) is 20.4. The Hall–Kier alpha value is -3.19. The van der Waals surface area contributed by atoms with E-state index < -0.39 is 5.97 Å². The molecule has 1 heterocycles. The molecule has 0 atom stereocenters. The van der Waals surface area contributed by atoms with Gasteiger partial charge in [0.1, 0.15) is 6.61 Å². The molecular formula is C28H33FN2O4. The molecule has 1 saturated carbocycles. The number of hydrogen-bond acceptors (Lipinski definition) is 4. The molecule has 186 valence electrons. The van der Waals surface area contributed by atoms with Crippen LogP contribution in [0.4, 0.5) is 4.39 Å². The van der Waals surface area contributed by atoms with Crippen molar-refractivity contribution in [2.75, 3.05) is 20.3 Å². The van der Waals surface area contributed by atoms with E-state index in [4.69, 9.17) is 19.7 Å². The Kier molecular flexibility index (Phi) is 8.18. The summed E-state index contributed by atoms with van der Waals surface area (Å²) in [5, 5.41) is 13.8. The van der Waals surface area contributed by atoms with Crippen molar-refractivity contribution >= 4 is 5.97 Å². The van der Waals surface area contributed by atoms with Crippen LogP contribution in [0, 0.1) is 17.7 Å². The number of carboxylic acid groups (broad SMARTS) is 1. The number of benzene rings is 2. The molecule has 1 aromatic heterocycles. The second kappa shape index (κ2) is 11.5. The van der Waals surface area contributed by atoms with Crippen molar-refractivity contribution in [1.82, 2.24) is 9.78 Å². The molecule has 1 N–H and O–H groups in total. The van der Waals surface area contributed by atoms with Gasteiger partial charge in [-0.05, 0) is 50.0 Å². The van der Waals surface area contributed by atoms with Crippen LogP contribution >= 0.6 is 0 Å². The van der Waals surface area contributed by atoms with E-state index in [1.165, 1.54) is 7.11 Å². The van der Waals surface area contributed by atoms with Crippen LogP contribution in [0.15, 0.2) is 48.5 Å². The lowest BCUT2D eigenvalue weighted by atomic mass is 9.82. The summed E-state index contributed by atoms with van der Waals surface area (Å²) in [6, 6.07) is 15.3. The first kappa shape index (κ1) is 24.9. The molecule has 4 rings (SSSR count). The smallest absolute Gasteiger partial charge is 0.329 e. The number of hydrogen-bond donors (Lipinski definition) is 1. The quantitative estimate of drug-likeness (QED) is 0.395. The van der Waals surface area contributed by atoms with Crippen molar-refractivity contribution in [1.29, 1.82) is 0 Å². The third-order valence-corrected chi connectivity index (χ3v) is 6.84. The van der Waals surface area contributed by atoms with Crippen molar-refractivity contribution in [2.24, 2.45) is 11.8 Å². The fourth-order valence-electron chi connectivity index (χ4n) is 5.06. The Bertz CT molecular complexity index is 1140. The summed E-state index contributed by atoms with van der Waals surface area (Å²) < 4.78 is 28.1. The lowest BCUT2D eigenvalue weighted by molar-refractivity contribution is -0.142. The highest BCUT2D eigenvalue weighted by molar-refractivity contribution is 5.84. The van der Waals surface area contributed by atoms with E-state index in [-0.39, 0.29) is 18.2 Å². The predicted molar refractivity (Wildman–Crippen MR) is 133 cm³/mol. The molecule has 0 saturated heterocycles. The van der Waals surface area contributed by atoms with E-state index in [1.807, 2.05) is 43.3 Å². The normalized spacial score (nSPS) is 17.9. The number of aliphatic carboxylic acids is 1. The minimum Gasteiger partial charge on any atom is -0.494 e. The zero-order chi connectivity index (χ0) is 24.8. The van der Waals surface area contributed by atoms with Crippen LogP contribution in [0.5, 0.6) is 5.75 Å². The summed E-state index contributed by atoms with van der Waals surface area (Å²) in [5.41, 5.74) is 4.14. The van der Waals surface area contributed by atoms with Crippen LogP contribution in [0.3, 0.4) is 0 Å². The number of aryl methyl sites for hydroxylation is 1. The number of carboxylic acids is 1. The summed E-state index contributed by atoms with van der Waals surface area (Å²) >= 11 is 0. The monoisotopic (exact) mass is 480 g/mol. The van der Waals surface area contributed by atoms with Gasteiger partial charge in [-0.1, -0.05) is 49.4 Å². The molecule has 7 heteroatoms. The largest absolute Gasteiger partial charge is 0.494 e. The van der Waals surface area contributed by atoms with Gasteiger partial charge in [0.2, 0.25) is 0 Å². The first-order chi connectivity index (χ1) is 17.0. The van der Waals surface area contributed by atoms with E-state index >= 15 is 4.39 Å². The number of nitrogens with zero attached hydrogens (tertiary/aromatic N) is 2. The van der Waals surface area contributed by atoms with E-state index in [0.717, 1.165) is 54.7 Å². The fraction of sp³-hybridized carbons (Fsp3) is 0.429. The number of halogens is 1. The predicted octanol–water partition coefficient (Wildman–Crippen LogP) is 5.83. The minimum atomic E-state index is -0.930. The lowest BCUT2D eigenvalue weighted by Crippen LogP contribution is -2.23. The van der Waals surface area contributed by atoms with Crippen molar-refractivity contribution in [3.8, 4) is 28.1 Å². The van der Waals surface area contributed by atoms with Crippen LogP contribution in [0.1, 0.15) is 38.3 Å². The highest BCUT2D eigenvalue weighted by Crippen LogP contribution is 2.40. The second-order valence-corrected chi connectivity index (χ2v) is 9.19. The van der Waals surface area contributed by atoms with Crippen molar-refractivity contribution in [3.63, 3.8) is 0 Å². The van der Waals surface area contributed by atoms with Gasteiger partial charge in [-0.3, -0.25) is 4.68 Å². The molecule has 6 nitrogen and oxygen atoms in total. The Balaban J connectivity index is 1.63. The van der Waals surface area contributed by atoms with Gasteiger partial charge in [-0.2, -0.15) is 5.10 Å². The summed E-state index contributed by atoms with van der Waals surface area (Å²) in [5.74, 6) is -0.242. The van der Waals surface area contributed by atoms with Crippen LogP contribution in [-0.2, 0) is 22.5 Å². The Labute approximate surface area is 205 Å². The molecule has 1 aliphatic carbocycles. The fourth-order valence-corrected chi connectivity index (χ4v) is 5.06. The maximum absolute atomic E-state index is 15.4. The van der Waals surface area contributed by atoms with Crippen LogP contribution in [0.25, 0.3) is 22.4 Å². The first-order valence-corrected chi connectivity index (χ1v) is 12.3. The van der Waals surface area contributed by atoms with Gasteiger partial charge in [-0.25, -0.2) is 9.18 Å². The van der Waals surface area contributed by atoms with E-state index in [2.05, 4.69) is 4.68 Å². The van der Waals surface area contributed by atoms with Crippen LogP contribution < -0.4 is 4.74 Å². The molecular weight excluding hydrogens is 447 g/mol. The number of ether oxygens (including phenoxy) is 2. The van der Waals surface area contributed by atoms with Gasteiger partial charge >= 0.3 is 5.97 Å². The van der Waals surface area contributed by atoms with Gasteiger partial charge in [-0.15, -0.1) is 0 Å². The Morgan fingerprint density at radius 2 is 1.80 bits per heavy atom. The van der Waals surface area contributed by atoms with Crippen molar-refractivity contribution in [2.45, 2.75) is 45.6 Å². The lowest BCUT2D eigenvalue weighted by Gasteiger charge is -2.28. The molecule has 2 aromatic carbocycles. The summed E-state index contributed by atoms with van der Waals surface area (Å²) in [6.07, 6.45) is 4.75. The number of methoxy groups -OCH3 is 1. The summed E-state index contributed by atoms with van der Waals surface area (Å²) in [6.45, 7) is 3.06. The highest BCUT2D eigenvalue weighted by Gasteiger charge is 2.27. The van der Waals surface area contributed by atoms with Gasteiger partial charge in [0.25, 0.3) is 0 Å². The average Bonchev–Trinajstić information content (AvgIpc) is 3.23. The van der Waals surface area contributed by atoms with Gasteiger partial charge in [0, 0.05) is 23.2 Å². The minimum absolute atomic E-state index is 0.222. The topological polar surface area (TPSA) is 73.6 Å². The van der Waals surface area contributed by atoms with Gasteiger partial charge in [0.15, 0.2) is 11.6 Å². The molecule has 0 bridgehead atoms. The van der Waals surface area contributed by atoms with E-state index in [0.29, 0.717) is 30.4 Å². The average molecular weight is 481 g/mol. The number of carbonyl (C=O) groups is 1. The molecule has 0 aliphatic heterocycles. The molecule has 0 spiro atoms. The zero-order valence-electron chi connectivity index (χ0n) is 20.4. The molecule has 0 unspecified atom stereocenters. The SMILES string of the molecule is CCc1nn(C[C@H]2CC[C@@H](COCC(=O)O)CC2)c(-c2ccccc2)c1-c1cccc(OC)c1F. The molecule has 3 aromatic rings. The standard InChI is InChI=1S/C28H33FN2O4/c1-3-23-26(22-10-7-11-24(34-2)27(22)29)28(21-8-5-4-6-9-21)31(30-23)16-19-12-14-20(15-13-19)17-35-18-25(32)33/h4-11,19-20H,3,12-18H2,1-2H3,(H,32,33)/t19-,20+. The molecule has 0 radical (unpaired) electrons. The van der Waals surface area contributed by atoms with Gasteiger partial charge < -0.3 is 14.6 Å². The Morgan fingerprint density at radius 3 is 2.46 bits per heavy atom. The van der Waals surface area contributed by atoms with Crippen molar-refractivity contribution in [3.05, 3.63) is 60.0 Å².